The molecule has 2 rings (SSSR count). The Morgan fingerprint density at radius 1 is 1.14 bits per heavy atom. The first kappa shape index (κ1) is 15.5. The van der Waals surface area contributed by atoms with Gasteiger partial charge in [-0.15, -0.1) is 0 Å². The highest BCUT2D eigenvalue weighted by atomic mass is 16.5. The number of aliphatic hydroxyl groups excluding tert-OH is 1. The molecule has 0 aliphatic rings. The van der Waals surface area contributed by atoms with Crippen LogP contribution in [-0.2, 0) is 6.54 Å². The van der Waals surface area contributed by atoms with Crippen LogP contribution in [0, 0.1) is 6.92 Å². The molecule has 3 nitrogen and oxygen atoms in total. The molecular formula is C18H23NO2. The van der Waals surface area contributed by atoms with Crippen LogP contribution in [-0.4, -0.2) is 18.3 Å². The van der Waals surface area contributed by atoms with Crippen molar-refractivity contribution in [2.75, 3.05) is 7.11 Å². The van der Waals surface area contributed by atoms with Gasteiger partial charge in [0.05, 0.1) is 13.2 Å². The Morgan fingerprint density at radius 3 is 2.52 bits per heavy atom. The molecule has 0 radical (unpaired) electrons. The van der Waals surface area contributed by atoms with Crippen molar-refractivity contribution in [3.8, 4) is 5.75 Å². The van der Waals surface area contributed by atoms with Crippen LogP contribution in [0.1, 0.15) is 29.7 Å². The summed E-state index contributed by atoms with van der Waals surface area (Å²) in [4.78, 5) is 0. The predicted molar refractivity (Wildman–Crippen MR) is 85.4 cm³/mol. The fourth-order valence-electron chi connectivity index (χ4n) is 2.37. The van der Waals surface area contributed by atoms with Crippen LogP contribution < -0.4 is 10.1 Å². The standard InChI is InChI=1S/C18H23NO2/c1-13-9-10-17(21-3)16(11-13)12-19-14(2)18(20)15-7-5-4-6-8-15/h4-11,14,18-20H,12H2,1-3H3. The van der Waals surface area contributed by atoms with Gasteiger partial charge >= 0.3 is 0 Å². The van der Waals surface area contributed by atoms with Crippen LogP contribution in [0.25, 0.3) is 0 Å². The van der Waals surface area contributed by atoms with Crippen LogP contribution >= 0.6 is 0 Å². The third kappa shape index (κ3) is 4.06. The predicted octanol–water partition coefficient (Wildman–Crippen LogP) is 3.22. The lowest BCUT2D eigenvalue weighted by molar-refractivity contribution is 0.135. The largest absolute Gasteiger partial charge is 0.496 e. The Balaban J connectivity index is 2.01. The van der Waals surface area contributed by atoms with Crippen molar-refractivity contribution in [3.63, 3.8) is 0 Å². The highest BCUT2D eigenvalue weighted by Crippen LogP contribution is 2.21. The van der Waals surface area contributed by atoms with Gasteiger partial charge in [-0.25, -0.2) is 0 Å². The smallest absolute Gasteiger partial charge is 0.123 e. The third-order valence-corrected chi connectivity index (χ3v) is 3.67. The molecule has 2 unspecified atom stereocenters. The number of hydrogen-bond acceptors (Lipinski definition) is 3. The van der Waals surface area contributed by atoms with E-state index in [2.05, 4.69) is 18.3 Å². The molecule has 21 heavy (non-hydrogen) atoms. The minimum Gasteiger partial charge on any atom is -0.496 e. The molecule has 112 valence electrons. The van der Waals surface area contributed by atoms with E-state index >= 15 is 0 Å². The number of aliphatic hydroxyl groups is 1. The molecule has 0 saturated heterocycles. The van der Waals surface area contributed by atoms with Gasteiger partial charge in [0.25, 0.3) is 0 Å². The van der Waals surface area contributed by atoms with Gasteiger partial charge in [-0.05, 0) is 25.5 Å². The highest BCUT2D eigenvalue weighted by molar-refractivity contribution is 5.36. The highest BCUT2D eigenvalue weighted by Gasteiger charge is 2.16. The molecule has 0 spiro atoms. The number of aryl methyl sites for hydroxylation is 1. The van der Waals surface area contributed by atoms with Crippen molar-refractivity contribution in [2.24, 2.45) is 0 Å². The average molecular weight is 285 g/mol. The first-order valence-electron chi connectivity index (χ1n) is 7.21. The SMILES string of the molecule is COc1ccc(C)cc1CNC(C)C(O)c1ccccc1. The van der Waals surface area contributed by atoms with E-state index in [1.54, 1.807) is 7.11 Å². The molecule has 0 fully saturated rings. The average Bonchev–Trinajstić information content (AvgIpc) is 2.52. The fourth-order valence-corrected chi connectivity index (χ4v) is 2.37. The van der Waals surface area contributed by atoms with Gasteiger partial charge in [0.2, 0.25) is 0 Å². The van der Waals surface area contributed by atoms with Gasteiger partial charge in [-0.3, -0.25) is 0 Å². The molecule has 0 amide bonds. The van der Waals surface area contributed by atoms with E-state index in [4.69, 9.17) is 4.74 Å². The van der Waals surface area contributed by atoms with E-state index in [0.29, 0.717) is 6.54 Å². The number of hydrogen-bond donors (Lipinski definition) is 2. The fraction of sp³-hybridized carbons (Fsp3) is 0.333. The van der Waals surface area contributed by atoms with E-state index in [1.807, 2.05) is 49.4 Å². The van der Waals surface area contributed by atoms with Gasteiger partial charge in [-0.2, -0.15) is 0 Å². The number of benzene rings is 2. The lowest BCUT2D eigenvalue weighted by Gasteiger charge is -2.21. The van der Waals surface area contributed by atoms with Crippen molar-refractivity contribution in [1.82, 2.24) is 5.32 Å². The maximum absolute atomic E-state index is 10.4. The van der Waals surface area contributed by atoms with Crippen LogP contribution in [0.5, 0.6) is 5.75 Å². The monoisotopic (exact) mass is 285 g/mol. The van der Waals surface area contributed by atoms with Gasteiger partial charge < -0.3 is 15.2 Å². The second kappa shape index (κ2) is 7.25. The van der Waals surface area contributed by atoms with Crippen molar-refractivity contribution in [2.45, 2.75) is 32.5 Å². The Morgan fingerprint density at radius 2 is 1.86 bits per heavy atom. The summed E-state index contributed by atoms with van der Waals surface area (Å²) in [6, 6.07) is 15.8. The maximum atomic E-state index is 10.4. The number of ether oxygens (including phenoxy) is 1. The van der Waals surface area contributed by atoms with Crippen molar-refractivity contribution in [1.29, 1.82) is 0 Å². The summed E-state index contributed by atoms with van der Waals surface area (Å²) in [5.41, 5.74) is 3.22. The molecule has 2 atom stereocenters. The van der Waals surface area contributed by atoms with Crippen molar-refractivity contribution < 1.29 is 9.84 Å². The van der Waals surface area contributed by atoms with E-state index in [0.717, 1.165) is 16.9 Å². The molecular weight excluding hydrogens is 262 g/mol. The number of rotatable bonds is 6. The third-order valence-electron chi connectivity index (χ3n) is 3.67. The van der Waals surface area contributed by atoms with E-state index in [9.17, 15) is 5.11 Å². The first-order valence-corrected chi connectivity index (χ1v) is 7.21. The molecule has 0 heterocycles. The molecule has 2 aromatic carbocycles. The molecule has 2 N–H and O–H groups in total. The Kier molecular flexibility index (Phi) is 5.37. The Bertz CT molecular complexity index is 569. The van der Waals surface area contributed by atoms with Crippen molar-refractivity contribution in [3.05, 3.63) is 65.2 Å². The van der Waals surface area contributed by atoms with Crippen LogP contribution in [0.2, 0.25) is 0 Å². The zero-order chi connectivity index (χ0) is 15.2. The lowest BCUT2D eigenvalue weighted by atomic mass is 10.0. The van der Waals surface area contributed by atoms with Crippen molar-refractivity contribution >= 4 is 0 Å². The minimum atomic E-state index is -0.526. The number of methoxy groups -OCH3 is 1. The molecule has 0 bridgehead atoms. The molecule has 0 aliphatic carbocycles. The quantitative estimate of drug-likeness (QED) is 0.856. The number of nitrogens with one attached hydrogen (secondary N) is 1. The summed E-state index contributed by atoms with van der Waals surface area (Å²) in [6.45, 7) is 4.71. The Labute approximate surface area is 126 Å². The Hall–Kier alpha value is -1.84. The summed E-state index contributed by atoms with van der Waals surface area (Å²) >= 11 is 0. The van der Waals surface area contributed by atoms with Gasteiger partial charge in [0, 0.05) is 18.2 Å². The minimum absolute atomic E-state index is 0.0439. The molecule has 2 aromatic rings. The molecule has 3 heteroatoms. The summed E-state index contributed by atoms with van der Waals surface area (Å²) in [5, 5.41) is 13.7. The molecule has 0 saturated carbocycles. The zero-order valence-corrected chi connectivity index (χ0v) is 12.8. The second-order valence-electron chi connectivity index (χ2n) is 5.34. The van der Waals surface area contributed by atoms with Crippen LogP contribution in [0.4, 0.5) is 0 Å². The first-order chi connectivity index (χ1) is 10.1. The van der Waals surface area contributed by atoms with Gasteiger partial charge in [-0.1, -0.05) is 48.0 Å². The van der Waals surface area contributed by atoms with E-state index in [1.165, 1.54) is 5.56 Å². The van der Waals surface area contributed by atoms with Crippen LogP contribution in [0.15, 0.2) is 48.5 Å². The summed E-state index contributed by atoms with van der Waals surface area (Å²) in [7, 11) is 1.68. The van der Waals surface area contributed by atoms with E-state index in [-0.39, 0.29) is 6.04 Å². The maximum Gasteiger partial charge on any atom is 0.123 e. The summed E-state index contributed by atoms with van der Waals surface area (Å²) in [6.07, 6.45) is -0.526. The zero-order valence-electron chi connectivity index (χ0n) is 12.8. The summed E-state index contributed by atoms with van der Waals surface area (Å²) < 4.78 is 5.38. The van der Waals surface area contributed by atoms with Gasteiger partial charge in [0.1, 0.15) is 5.75 Å². The molecule has 0 aliphatic heterocycles. The van der Waals surface area contributed by atoms with Gasteiger partial charge in [0.15, 0.2) is 0 Å². The molecule has 0 aromatic heterocycles. The van der Waals surface area contributed by atoms with E-state index < -0.39 is 6.10 Å². The second-order valence-corrected chi connectivity index (χ2v) is 5.34. The lowest BCUT2D eigenvalue weighted by Crippen LogP contribution is -2.31. The summed E-state index contributed by atoms with van der Waals surface area (Å²) in [5.74, 6) is 0.870. The topological polar surface area (TPSA) is 41.5 Å². The van der Waals surface area contributed by atoms with Crippen LogP contribution in [0.3, 0.4) is 0 Å². The normalized spacial score (nSPS) is 13.7.